The van der Waals surface area contributed by atoms with Crippen LogP contribution in [0.4, 0.5) is 0 Å². The topological polar surface area (TPSA) is 55.3 Å². The maximum atomic E-state index is 13.0. The summed E-state index contributed by atoms with van der Waals surface area (Å²) in [5.74, 6) is 0.838. The van der Waals surface area contributed by atoms with Crippen LogP contribution < -0.4 is 4.74 Å². The molecule has 1 fully saturated rings. The number of rotatable bonds is 4. The summed E-state index contributed by atoms with van der Waals surface area (Å²) in [7, 11) is 1.55. The molecule has 0 bridgehead atoms. The monoisotopic (exact) mass is 361 g/mol. The molecule has 4 rings (SSSR count). The number of fused-ring (bicyclic) bond motifs is 1. The molecule has 0 N–H and O–H groups in total. The van der Waals surface area contributed by atoms with Crippen LogP contribution >= 0.6 is 0 Å². The second-order valence-electron chi connectivity index (χ2n) is 7.01. The predicted molar refractivity (Wildman–Crippen MR) is 105 cm³/mol. The number of piperidine rings is 1. The molecule has 5 nitrogen and oxygen atoms in total. The Hall–Kier alpha value is -2.95. The van der Waals surface area contributed by atoms with Crippen molar-refractivity contribution in [2.75, 3.05) is 20.2 Å². The van der Waals surface area contributed by atoms with Gasteiger partial charge in [0.25, 0.3) is 5.91 Å². The van der Waals surface area contributed by atoms with Gasteiger partial charge in [-0.15, -0.1) is 0 Å². The Kier molecular flexibility index (Phi) is 5.01. The van der Waals surface area contributed by atoms with Gasteiger partial charge < -0.3 is 9.64 Å². The highest BCUT2D eigenvalue weighted by atomic mass is 16.5. The highest BCUT2D eigenvalue weighted by Gasteiger charge is 2.27. The van der Waals surface area contributed by atoms with Gasteiger partial charge in [0.15, 0.2) is 0 Å². The average Bonchev–Trinajstić information content (AvgIpc) is 2.73. The third kappa shape index (κ3) is 3.63. The summed E-state index contributed by atoms with van der Waals surface area (Å²) in [5.41, 5.74) is 2.87. The number of amides is 1. The van der Waals surface area contributed by atoms with Gasteiger partial charge in [-0.2, -0.15) is 0 Å². The molecule has 0 spiro atoms. The lowest BCUT2D eigenvalue weighted by molar-refractivity contribution is 0.0669. The Morgan fingerprint density at radius 3 is 2.89 bits per heavy atom. The quantitative estimate of drug-likeness (QED) is 0.710. The Morgan fingerprint density at radius 1 is 1.15 bits per heavy atom. The number of ether oxygens (including phenoxy) is 1. The first-order valence-corrected chi connectivity index (χ1v) is 9.37. The molecule has 0 aliphatic carbocycles. The fourth-order valence-corrected chi connectivity index (χ4v) is 3.96. The summed E-state index contributed by atoms with van der Waals surface area (Å²) in [6.07, 6.45) is 6.57. The van der Waals surface area contributed by atoms with E-state index in [0.717, 1.165) is 37.9 Å². The van der Waals surface area contributed by atoms with E-state index < -0.39 is 0 Å². The molecule has 1 atom stereocenters. The maximum Gasteiger partial charge on any atom is 0.259 e. The third-order valence-corrected chi connectivity index (χ3v) is 5.25. The first kappa shape index (κ1) is 17.5. The van der Waals surface area contributed by atoms with Crippen molar-refractivity contribution in [2.45, 2.75) is 19.3 Å². The number of likely N-dealkylation sites (tertiary alicyclic amines) is 1. The second kappa shape index (κ2) is 7.74. The standard InChI is InChI=1S/C22H23N3O2/c1-27-21-19(9-4-12-24-21)22(26)25-13-5-6-16(15-25)14-17-7-2-10-20-18(17)8-3-11-23-20/h2-4,7-12,16H,5-6,13-15H2,1H3. The zero-order chi connectivity index (χ0) is 18.6. The van der Waals surface area contributed by atoms with Gasteiger partial charge in [-0.1, -0.05) is 18.2 Å². The van der Waals surface area contributed by atoms with Gasteiger partial charge in [0.1, 0.15) is 5.56 Å². The number of nitrogens with zero attached hydrogens (tertiary/aromatic N) is 3. The molecule has 0 saturated carbocycles. The van der Waals surface area contributed by atoms with Crippen LogP contribution in [0.5, 0.6) is 5.88 Å². The van der Waals surface area contributed by atoms with Gasteiger partial charge in [0.2, 0.25) is 5.88 Å². The highest BCUT2D eigenvalue weighted by Crippen LogP contribution is 2.26. The maximum absolute atomic E-state index is 13.0. The van der Waals surface area contributed by atoms with E-state index in [2.05, 4.69) is 28.2 Å². The smallest absolute Gasteiger partial charge is 0.259 e. The number of hydrogen-bond donors (Lipinski definition) is 0. The van der Waals surface area contributed by atoms with E-state index in [1.54, 1.807) is 25.4 Å². The SMILES string of the molecule is COc1ncccc1C(=O)N1CCCC(Cc2cccc3ncccc23)C1. The Labute approximate surface area is 159 Å². The minimum atomic E-state index is 0.00392. The zero-order valence-electron chi connectivity index (χ0n) is 15.5. The molecular weight excluding hydrogens is 338 g/mol. The molecule has 138 valence electrons. The molecule has 1 unspecified atom stereocenters. The minimum Gasteiger partial charge on any atom is -0.480 e. The number of pyridine rings is 2. The van der Waals surface area contributed by atoms with E-state index >= 15 is 0 Å². The number of carbonyl (C=O) groups is 1. The Bertz CT molecular complexity index is 952. The fourth-order valence-electron chi connectivity index (χ4n) is 3.96. The van der Waals surface area contributed by atoms with E-state index in [0.29, 0.717) is 17.4 Å². The van der Waals surface area contributed by atoms with Gasteiger partial charge in [0.05, 0.1) is 12.6 Å². The summed E-state index contributed by atoms with van der Waals surface area (Å²) in [5, 5.41) is 1.21. The molecule has 3 heterocycles. The molecule has 2 aromatic heterocycles. The Morgan fingerprint density at radius 2 is 2.00 bits per heavy atom. The van der Waals surface area contributed by atoms with Crippen molar-refractivity contribution in [2.24, 2.45) is 5.92 Å². The van der Waals surface area contributed by atoms with Crippen LogP contribution in [-0.2, 0) is 6.42 Å². The van der Waals surface area contributed by atoms with Crippen molar-refractivity contribution in [3.63, 3.8) is 0 Å². The van der Waals surface area contributed by atoms with E-state index in [-0.39, 0.29) is 5.91 Å². The fraction of sp³-hybridized carbons (Fsp3) is 0.318. The van der Waals surface area contributed by atoms with Crippen LogP contribution in [0.3, 0.4) is 0 Å². The van der Waals surface area contributed by atoms with Crippen molar-refractivity contribution in [3.8, 4) is 5.88 Å². The summed E-state index contributed by atoms with van der Waals surface area (Å²) in [4.78, 5) is 23.5. The summed E-state index contributed by atoms with van der Waals surface area (Å²) >= 11 is 0. The number of benzene rings is 1. The normalized spacial score (nSPS) is 17.1. The predicted octanol–water partition coefficient (Wildman–Crippen LogP) is 3.73. The first-order chi connectivity index (χ1) is 13.3. The molecular formula is C22H23N3O2. The van der Waals surface area contributed by atoms with Crippen LogP contribution in [0.1, 0.15) is 28.8 Å². The molecule has 1 aliphatic rings. The van der Waals surface area contributed by atoms with Gasteiger partial charge in [0, 0.05) is 30.9 Å². The van der Waals surface area contributed by atoms with E-state index in [1.165, 1.54) is 10.9 Å². The van der Waals surface area contributed by atoms with Crippen LogP contribution in [-0.4, -0.2) is 41.0 Å². The van der Waals surface area contributed by atoms with Crippen molar-refractivity contribution in [1.82, 2.24) is 14.9 Å². The van der Waals surface area contributed by atoms with Crippen LogP contribution in [0.2, 0.25) is 0 Å². The molecule has 27 heavy (non-hydrogen) atoms. The van der Waals surface area contributed by atoms with Gasteiger partial charge in [-0.25, -0.2) is 4.98 Å². The van der Waals surface area contributed by atoms with Crippen LogP contribution in [0.25, 0.3) is 10.9 Å². The largest absolute Gasteiger partial charge is 0.480 e. The Balaban J connectivity index is 1.52. The lowest BCUT2D eigenvalue weighted by Crippen LogP contribution is -2.40. The highest BCUT2D eigenvalue weighted by molar-refractivity contribution is 5.96. The van der Waals surface area contributed by atoms with Gasteiger partial charge >= 0.3 is 0 Å². The zero-order valence-corrected chi connectivity index (χ0v) is 15.5. The van der Waals surface area contributed by atoms with Gasteiger partial charge in [-0.3, -0.25) is 9.78 Å². The molecule has 1 amide bonds. The van der Waals surface area contributed by atoms with E-state index in [9.17, 15) is 4.79 Å². The number of methoxy groups -OCH3 is 1. The summed E-state index contributed by atoms with van der Waals surface area (Å²) in [6.45, 7) is 1.54. The first-order valence-electron chi connectivity index (χ1n) is 9.37. The summed E-state index contributed by atoms with van der Waals surface area (Å²) < 4.78 is 5.26. The van der Waals surface area contributed by atoms with E-state index in [4.69, 9.17) is 4.74 Å². The van der Waals surface area contributed by atoms with Crippen LogP contribution in [0.15, 0.2) is 54.9 Å². The molecule has 1 aromatic carbocycles. The van der Waals surface area contributed by atoms with Crippen LogP contribution in [0, 0.1) is 5.92 Å². The molecule has 5 heteroatoms. The summed E-state index contributed by atoms with van der Waals surface area (Å²) in [6, 6.07) is 14.0. The van der Waals surface area contributed by atoms with Crippen molar-refractivity contribution >= 4 is 16.8 Å². The molecule has 1 saturated heterocycles. The van der Waals surface area contributed by atoms with Gasteiger partial charge in [-0.05, 0) is 55.0 Å². The lowest BCUT2D eigenvalue weighted by Gasteiger charge is -2.33. The molecule has 1 aliphatic heterocycles. The lowest BCUT2D eigenvalue weighted by atomic mass is 9.89. The number of aromatic nitrogens is 2. The van der Waals surface area contributed by atoms with Crippen molar-refractivity contribution in [1.29, 1.82) is 0 Å². The third-order valence-electron chi connectivity index (χ3n) is 5.25. The van der Waals surface area contributed by atoms with E-state index in [1.807, 2.05) is 23.2 Å². The minimum absolute atomic E-state index is 0.00392. The second-order valence-corrected chi connectivity index (χ2v) is 7.01. The number of hydrogen-bond acceptors (Lipinski definition) is 4. The average molecular weight is 361 g/mol. The van der Waals surface area contributed by atoms with Crippen molar-refractivity contribution in [3.05, 3.63) is 66.0 Å². The molecule has 0 radical (unpaired) electrons. The molecule has 3 aromatic rings. The van der Waals surface area contributed by atoms with Crippen molar-refractivity contribution < 1.29 is 9.53 Å². The number of carbonyl (C=O) groups excluding carboxylic acids is 1.